The Kier molecular flexibility index (Phi) is 5.93. The lowest BCUT2D eigenvalue weighted by Crippen LogP contribution is -2.23. The molecule has 0 aliphatic rings. The number of aryl methyl sites for hydroxylation is 2. The quantitative estimate of drug-likeness (QED) is 0.905. The van der Waals surface area contributed by atoms with E-state index < -0.39 is 0 Å². The van der Waals surface area contributed by atoms with Gasteiger partial charge in [0.2, 0.25) is 0 Å². The van der Waals surface area contributed by atoms with Crippen molar-refractivity contribution >= 4 is 18.3 Å². The average Bonchev–Trinajstić information content (AvgIpc) is 2.70. The van der Waals surface area contributed by atoms with Gasteiger partial charge in [0.1, 0.15) is 0 Å². The zero-order valence-corrected chi connectivity index (χ0v) is 13.3. The highest BCUT2D eigenvalue weighted by Crippen LogP contribution is 2.12. The second-order valence-corrected chi connectivity index (χ2v) is 4.86. The highest BCUT2D eigenvalue weighted by atomic mass is 35.5. The van der Waals surface area contributed by atoms with Crippen LogP contribution in [0.25, 0.3) is 0 Å². The fourth-order valence-corrected chi connectivity index (χ4v) is 2.14. The Bertz CT molecular complexity index is 619. The summed E-state index contributed by atoms with van der Waals surface area (Å²) in [4.78, 5) is 12.1. The highest BCUT2D eigenvalue weighted by molar-refractivity contribution is 5.94. The van der Waals surface area contributed by atoms with Crippen LogP contribution in [0, 0.1) is 13.8 Å². The van der Waals surface area contributed by atoms with Gasteiger partial charge in [-0.25, -0.2) is 0 Å². The molecule has 2 rings (SSSR count). The number of hydrogen-bond donors (Lipinski definition) is 2. The maximum Gasteiger partial charge on any atom is 0.251 e. The minimum absolute atomic E-state index is 0. The molecule has 0 spiro atoms. The summed E-state index contributed by atoms with van der Waals surface area (Å²) in [7, 11) is 1.90. The minimum atomic E-state index is -0.0868. The highest BCUT2D eigenvalue weighted by Gasteiger charge is 2.11. The van der Waals surface area contributed by atoms with Crippen molar-refractivity contribution in [3.05, 3.63) is 52.3 Å². The fraction of sp³-hybridized carbons (Fsp3) is 0.333. The molecule has 0 fully saturated rings. The Morgan fingerprint density at radius 2 is 1.90 bits per heavy atom. The number of rotatable bonds is 4. The van der Waals surface area contributed by atoms with Gasteiger partial charge in [0.15, 0.2) is 0 Å². The molecule has 0 aliphatic carbocycles. The average molecular weight is 309 g/mol. The van der Waals surface area contributed by atoms with Gasteiger partial charge >= 0.3 is 0 Å². The van der Waals surface area contributed by atoms with Crippen LogP contribution >= 0.6 is 12.4 Å². The number of amides is 1. The van der Waals surface area contributed by atoms with E-state index in [1.807, 2.05) is 37.7 Å². The van der Waals surface area contributed by atoms with Crippen molar-refractivity contribution in [3.63, 3.8) is 0 Å². The van der Waals surface area contributed by atoms with Gasteiger partial charge in [0, 0.05) is 37.0 Å². The number of benzene rings is 1. The summed E-state index contributed by atoms with van der Waals surface area (Å²) < 4.78 is 1.83. The van der Waals surface area contributed by atoms with Crippen molar-refractivity contribution < 1.29 is 4.79 Å². The zero-order chi connectivity index (χ0) is 14.7. The van der Waals surface area contributed by atoms with Crippen molar-refractivity contribution in [1.82, 2.24) is 15.1 Å². The molecule has 1 aromatic heterocycles. The summed E-state index contributed by atoms with van der Waals surface area (Å²) in [5.74, 6) is -0.0868. The Morgan fingerprint density at radius 3 is 2.38 bits per heavy atom. The first-order valence-electron chi connectivity index (χ1n) is 6.59. The van der Waals surface area contributed by atoms with Crippen LogP contribution in [0.1, 0.15) is 32.9 Å². The largest absolute Gasteiger partial charge is 0.348 e. The van der Waals surface area contributed by atoms with Gasteiger partial charge in [-0.15, -0.1) is 12.4 Å². The summed E-state index contributed by atoms with van der Waals surface area (Å²) >= 11 is 0. The van der Waals surface area contributed by atoms with E-state index in [0.717, 1.165) is 22.5 Å². The molecule has 0 saturated heterocycles. The van der Waals surface area contributed by atoms with Crippen LogP contribution in [0.3, 0.4) is 0 Å². The second kappa shape index (κ2) is 7.24. The summed E-state index contributed by atoms with van der Waals surface area (Å²) in [5, 5.41) is 7.26. The molecule has 0 atom stereocenters. The fourth-order valence-electron chi connectivity index (χ4n) is 2.14. The van der Waals surface area contributed by atoms with Crippen molar-refractivity contribution in [1.29, 1.82) is 0 Å². The Morgan fingerprint density at radius 1 is 1.29 bits per heavy atom. The number of hydrogen-bond acceptors (Lipinski definition) is 3. The summed E-state index contributed by atoms with van der Waals surface area (Å²) in [6.45, 7) is 4.92. The number of nitrogens with zero attached hydrogens (tertiary/aromatic N) is 2. The molecule has 114 valence electrons. The molecule has 2 aromatic rings. The van der Waals surface area contributed by atoms with E-state index >= 15 is 0 Å². The summed E-state index contributed by atoms with van der Waals surface area (Å²) in [6, 6.07) is 7.33. The van der Waals surface area contributed by atoms with Crippen LogP contribution < -0.4 is 11.1 Å². The van der Waals surface area contributed by atoms with E-state index in [0.29, 0.717) is 18.7 Å². The smallest absolute Gasteiger partial charge is 0.251 e. The van der Waals surface area contributed by atoms with E-state index in [9.17, 15) is 4.79 Å². The van der Waals surface area contributed by atoms with Gasteiger partial charge < -0.3 is 11.1 Å². The molecule has 1 heterocycles. The summed E-state index contributed by atoms with van der Waals surface area (Å²) in [6.07, 6.45) is 0. The van der Waals surface area contributed by atoms with Crippen LogP contribution in [0.4, 0.5) is 0 Å². The molecule has 0 radical (unpaired) electrons. The third kappa shape index (κ3) is 3.83. The molecular weight excluding hydrogens is 288 g/mol. The first kappa shape index (κ1) is 17.2. The van der Waals surface area contributed by atoms with E-state index in [2.05, 4.69) is 10.4 Å². The Labute approximate surface area is 130 Å². The molecule has 0 aliphatic heterocycles. The van der Waals surface area contributed by atoms with Crippen LogP contribution in [-0.2, 0) is 20.1 Å². The van der Waals surface area contributed by atoms with E-state index in [-0.39, 0.29) is 18.3 Å². The molecule has 1 amide bonds. The van der Waals surface area contributed by atoms with Crippen LogP contribution in [0.2, 0.25) is 0 Å². The van der Waals surface area contributed by atoms with Crippen LogP contribution in [-0.4, -0.2) is 15.7 Å². The van der Waals surface area contributed by atoms with Crippen molar-refractivity contribution in [2.75, 3.05) is 0 Å². The first-order chi connectivity index (χ1) is 9.52. The first-order valence-corrected chi connectivity index (χ1v) is 6.59. The Hall–Kier alpha value is -1.85. The maximum absolute atomic E-state index is 12.1. The minimum Gasteiger partial charge on any atom is -0.348 e. The third-order valence-corrected chi connectivity index (χ3v) is 3.54. The van der Waals surface area contributed by atoms with Crippen molar-refractivity contribution in [2.24, 2.45) is 12.8 Å². The third-order valence-electron chi connectivity index (χ3n) is 3.54. The molecule has 6 heteroatoms. The molecule has 3 N–H and O–H groups in total. The SMILES string of the molecule is Cc1nn(C)c(C)c1CNC(=O)c1ccc(CN)cc1.Cl. The normalized spacial score (nSPS) is 10.1. The molecule has 21 heavy (non-hydrogen) atoms. The number of aromatic nitrogens is 2. The van der Waals surface area contributed by atoms with Crippen molar-refractivity contribution in [2.45, 2.75) is 26.9 Å². The van der Waals surface area contributed by atoms with Gasteiger partial charge in [0.25, 0.3) is 5.91 Å². The topological polar surface area (TPSA) is 72.9 Å². The second-order valence-electron chi connectivity index (χ2n) is 4.86. The lowest BCUT2D eigenvalue weighted by Gasteiger charge is -2.06. The van der Waals surface area contributed by atoms with Gasteiger partial charge in [-0.1, -0.05) is 12.1 Å². The Balaban J connectivity index is 0.00000220. The van der Waals surface area contributed by atoms with E-state index in [1.165, 1.54) is 0 Å². The number of nitrogens with one attached hydrogen (secondary N) is 1. The molecule has 5 nitrogen and oxygen atoms in total. The van der Waals surface area contributed by atoms with Gasteiger partial charge in [-0.2, -0.15) is 5.10 Å². The van der Waals surface area contributed by atoms with Gasteiger partial charge in [-0.3, -0.25) is 9.48 Å². The van der Waals surface area contributed by atoms with Crippen molar-refractivity contribution in [3.8, 4) is 0 Å². The lowest BCUT2D eigenvalue weighted by atomic mass is 10.1. The van der Waals surface area contributed by atoms with Crippen LogP contribution in [0.15, 0.2) is 24.3 Å². The standard InChI is InChI=1S/C15H20N4O.ClH/c1-10-14(11(2)19(3)18-10)9-17-15(20)13-6-4-12(8-16)5-7-13;/h4-7H,8-9,16H2,1-3H3,(H,17,20);1H. The molecule has 0 bridgehead atoms. The molecule has 0 saturated carbocycles. The predicted octanol–water partition coefficient (Wildman–Crippen LogP) is 1.85. The monoisotopic (exact) mass is 308 g/mol. The molecular formula is C15H21ClN4O. The van der Waals surface area contributed by atoms with E-state index in [1.54, 1.807) is 12.1 Å². The predicted molar refractivity (Wildman–Crippen MR) is 85.4 cm³/mol. The maximum atomic E-state index is 12.1. The zero-order valence-electron chi connectivity index (χ0n) is 12.5. The van der Waals surface area contributed by atoms with Gasteiger partial charge in [0.05, 0.1) is 5.69 Å². The number of nitrogens with two attached hydrogens (primary N) is 1. The lowest BCUT2D eigenvalue weighted by molar-refractivity contribution is 0.0951. The molecule has 1 aromatic carbocycles. The van der Waals surface area contributed by atoms with Gasteiger partial charge in [-0.05, 0) is 31.5 Å². The molecule has 0 unspecified atom stereocenters. The number of carbonyl (C=O) groups is 1. The summed E-state index contributed by atoms with van der Waals surface area (Å²) in [5.41, 5.74) is 10.3. The van der Waals surface area contributed by atoms with E-state index in [4.69, 9.17) is 5.73 Å². The number of carbonyl (C=O) groups excluding carboxylic acids is 1. The number of halogens is 1. The van der Waals surface area contributed by atoms with Crippen LogP contribution in [0.5, 0.6) is 0 Å².